The Morgan fingerprint density at radius 1 is 1.39 bits per heavy atom. The molecule has 6 heteroatoms. The molecule has 5 nitrogen and oxygen atoms in total. The lowest BCUT2D eigenvalue weighted by molar-refractivity contribution is -0.119. The first kappa shape index (κ1) is 12.4. The van der Waals surface area contributed by atoms with Crippen LogP contribution in [0.15, 0.2) is 24.3 Å². The van der Waals surface area contributed by atoms with Crippen LogP contribution in [0.4, 0.5) is 5.13 Å². The maximum absolute atomic E-state index is 10.6. The number of anilines is 1. The second-order valence-electron chi connectivity index (χ2n) is 3.74. The average Bonchev–Trinajstić information content (AvgIpc) is 2.66. The van der Waals surface area contributed by atoms with E-state index in [1.54, 1.807) is 12.1 Å². The summed E-state index contributed by atoms with van der Waals surface area (Å²) in [7, 11) is 0. The highest BCUT2D eigenvalue weighted by molar-refractivity contribution is 7.15. The van der Waals surface area contributed by atoms with Gasteiger partial charge in [0.25, 0.3) is 5.91 Å². The molecule has 2 rings (SSSR count). The highest BCUT2D eigenvalue weighted by Gasteiger charge is 2.08. The number of rotatable bonds is 4. The SMILES string of the molecule is Cc1sc(N)nc1-c1ccc(OCC(N)=O)cc1. The van der Waals surface area contributed by atoms with Gasteiger partial charge in [0.1, 0.15) is 5.75 Å². The number of hydrogen-bond donors (Lipinski definition) is 2. The Labute approximate surface area is 108 Å². The van der Waals surface area contributed by atoms with Gasteiger partial charge in [-0.3, -0.25) is 4.79 Å². The van der Waals surface area contributed by atoms with Crippen LogP contribution in [0.25, 0.3) is 11.3 Å². The number of benzene rings is 1. The standard InChI is InChI=1S/C12H13N3O2S/c1-7-11(15-12(14)18-7)8-2-4-9(5-3-8)17-6-10(13)16/h2-5H,6H2,1H3,(H2,13,16)(H2,14,15). The molecule has 0 radical (unpaired) electrons. The van der Waals surface area contributed by atoms with Gasteiger partial charge in [-0.05, 0) is 31.2 Å². The molecular weight excluding hydrogens is 250 g/mol. The van der Waals surface area contributed by atoms with Crippen LogP contribution >= 0.6 is 11.3 Å². The summed E-state index contributed by atoms with van der Waals surface area (Å²) in [5.41, 5.74) is 12.5. The van der Waals surface area contributed by atoms with Crippen molar-refractivity contribution in [2.75, 3.05) is 12.3 Å². The van der Waals surface area contributed by atoms with Crippen LogP contribution in [0.3, 0.4) is 0 Å². The number of carbonyl (C=O) groups excluding carboxylic acids is 1. The second kappa shape index (κ2) is 5.05. The van der Waals surface area contributed by atoms with Crippen LogP contribution < -0.4 is 16.2 Å². The van der Waals surface area contributed by atoms with E-state index in [2.05, 4.69) is 4.98 Å². The van der Waals surface area contributed by atoms with Crippen molar-refractivity contribution in [2.45, 2.75) is 6.92 Å². The quantitative estimate of drug-likeness (QED) is 0.875. The van der Waals surface area contributed by atoms with Gasteiger partial charge in [-0.2, -0.15) is 0 Å². The van der Waals surface area contributed by atoms with E-state index < -0.39 is 5.91 Å². The first-order valence-electron chi connectivity index (χ1n) is 5.30. The van der Waals surface area contributed by atoms with Gasteiger partial charge in [0.15, 0.2) is 11.7 Å². The van der Waals surface area contributed by atoms with Crippen molar-refractivity contribution < 1.29 is 9.53 Å². The third-order valence-electron chi connectivity index (χ3n) is 2.32. The van der Waals surface area contributed by atoms with Gasteiger partial charge in [0, 0.05) is 10.4 Å². The maximum atomic E-state index is 10.6. The van der Waals surface area contributed by atoms with Crippen molar-refractivity contribution in [1.82, 2.24) is 4.98 Å². The van der Waals surface area contributed by atoms with Gasteiger partial charge in [-0.15, -0.1) is 11.3 Å². The Hall–Kier alpha value is -2.08. The Morgan fingerprint density at radius 2 is 2.06 bits per heavy atom. The average molecular weight is 263 g/mol. The van der Waals surface area contributed by atoms with Crippen LogP contribution in [0.2, 0.25) is 0 Å². The molecule has 2 aromatic rings. The molecule has 18 heavy (non-hydrogen) atoms. The Kier molecular flexibility index (Phi) is 3.47. The molecular formula is C12H13N3O2S. The largest absolute Gasteiger partial charge is 0.484 e. The molecule has 0 aliphatic carbocycles. The van der Waals surface area contributed by atoms with Gasteiger partial charge in [-0.1, -0.05) is 0 Å². The predicted octanol–water partition coefficient (Wildman–Crippen LogP) is 1.56. The summed E-state index contributed by atoms with van der Waals surface area (Å²) in [4.78, 5) is 15.9. The third-order valence-corrected chi connectivity index (χ3v) is 3.12. The lowest BCUT2D eigenvalue weighted by atomic mass is 10.1. The number of thiazole rings is 1. The molecule has 0 unspecified atom stereocenters. The number of carbonyl (C=O) groups is 1. The third kappa shape index (κ3) is 2.78. The van der Waals surface area contributed by atoms with E-state index in [-0.39, 0.29) is 6.61 Å². The van der Waals surface area contributed by atoms with E-state index in [0.29, 0.717) is 10.9 Å². The van der Waals surface area contributed by atoms with Gasteiger partial charge >= 0.3 is 0 Å². The smallest absolute Gasteiger partial charge is 0.255 e. The number of amides is 1. The minimum absolute atomic E-state index is 0.123. The molecule has 1 amide bonds. The van der Waals surface area contributed by atoms with Crippen LogP contribution in [0, 0.1) is 6.92 Å². The summed E-state index contributed by atoms with van der Waals surface area (Å²) in [5, 5.41) is 0.552. The predicted molar refractivity (Wildman–Crippen MR) is 71.4 cm³/mol. The lowest BCUT2D eigenvalue weighted by Gasteiger charge is -2.04. The molecule has 1 heterocycles. The Bertz CT molecular complexity index is 563. The number of nitrogen functional groups attached to an aromatic ring is 1. The molecule has 0 spiro atoms. The number of ether oxygens (including phenoxy) is 1. The highest BCUT2D eigenvalue weighted by Crippen LogP contribution is 2.29. The van der Waals surface area contributed by atoms with Crippen molar-refractivity contribution in [2.24, 2.45) is 5.73 Å². The van der Waals surface area contributed by atoms with Gasteiger partial charge in [0.2, 0.25) is 0 Å². The summed E-state index contributed by atoms with van der Waals surface area (Å²) >= 11 is 1.46. The summed E-state index contributed by atoms with van der Waals surface area (Å²) in [6.45, 7) is 1.85. The zero-order chi connectivity index (χ0) is 13.1. The lowest BCUT2D eigenvalue weighted by Crippen LogP contribution is -2.19. The normalized spacial score (nSPS) is 10.3. The van der Waals surface area contributed by atoms with E-state index in [9.17, 15) is 4.79 Å². The van der Waals surface area contributed by atoms with Crippen LogP contribution in [0.1, 0.15) is 4.88 Å². The van der Waals surface area contributed by atoms with Crippen molar-refractivity contribution >= 4 is 22.4 Å². The second-order valence-corrected chi connectivity index (χ2v) is 4.97. The molecule has 0 bridgehead atoms. The van der Waals surface area contributed by atoms with E-state index in [1.165, 1.54) is 11.3 Å². The molecule has 1 aromatic carbocycles. The fourth-order valence-electron chi connectivity index (χ4n) is 1.55. The molecule has 0 fully saturated rings. The Morgan fingerprint density at radius 3 is 2.56 bits per heavy atom. The van der Waals surface area contributed by atoms with Crippen LogP contribution in [0.5, 0.6) is 5.75 Å². The zero-order valence-corrected chi connectivity index (χ0v) is 10.7. The van der Waals surface area contributed by atoms with Gasteiger partial charge in [-0.25, -0.2) is 4.98 Å². The molecule has 4 N–H and O–H groups in total. The Balaban J connectivity index is 2.17. The first-order chi connectivity index (χ1) is 8.56. The van der Waals surface area contributed by atoms with Crippen LogP contribution in [-0.2, 0) is 4.79 Å². The first-order valence-corrected chi connectivity index (χ1v) is 6.12. The number of aromatic nitrogens is 1. The van der Waals surface area contributed by atoms with Gasteiger partial charge < -0.3 is 16.2 Å². The van der Waals surface area contributed by atoms with Crippen molar-refractivity contribution in [3.63, 3.8) is 0 Å². The zero-order valence-electron chi connectivity index (χ0n) is 9.84. The summed E-state index contributed by atoms with van der Waals surface area (Å²) in [6, 6.07) is 7.29. The summed E-state index contributed by atoms with van der Waals surface area (Å²) < 4.78 is 5.18. The number of hydrogen-bond acceptors (Lipinski definition) is 5. The minimum Gasteiger partial charge on any atom is -0.484 e. The highest BCUT2D eigenvalue weighted by atomic mass is 32.1. The molecule has 0 saturated heterocycles. The molecule has 0 aliphatic rings. The van der Waals surface area contributed by atoms with E-state index in [1.807, 2.05) is 19.1 Å². The van der Waals surface area contributed by atoms with E-state index >= 15 is 0 Å². The molecule has 94 valence electrons. The van der Waals surface area contributed by atoms with E-state index in [0.717, 1.165) is 16.1 Å². The number of aryl methyl sites for hydroxylation is 1. The van der Waals surface area contributed by atoms with Crippen molar-refractivity contribution in [3.05, 3.63) is 29.1 Å². The fraction of sp³-hybridized carbons (Fsp3) is 0.167. The van der Waals surface area contributed by atoms with E-state index in [4.69, 9.17) is 16.2 Å². The number of nitrogens with zero attached hydrogens (tertiary/aromatic N) is 1. The minimum atomic E-state index is -0.498. The van der Waals surface area contributed by atoms with Crippen molar-refractivity contribution in [3.8, 4) is 17.0 Å². The van der Waals surface area contributed by atoms with Gasteiger partial charge in [0.05, 0.1) is 5.69 Å². The molecule has 0 atom stereocenters. The monoisotopic (exact) mass is 263 g/mol. The molecule has 1 aromatic heterocycles. The topological polar surface area (TPSA) is 91.2 Å². The molecule has 0 saturated carbocycles. The van der Waals surface area contributed by atoms with Crippen molar-refractivity contribution in [1.29, 1.82) is 0 Å². The van der Waals surface area contributed by atoms with Crippen LogP contribution in [-0.4, -0.2) is 17.5 Å². The molecule has 0 aliphatic heterocycles. The fourth-order valence-corrected chi connectivity index (χ4v) is 2.26. The maximum Gasteiger partial charge on any atom is 0.255 e. The summed E-state index contributed by atoms with van der Waals surface area (Å²) in [5.74, 6) is 0.0978. The number of nitrogens with two attached hydrogens (primary N) is 2. The summed E-state index contributed by atoms with van der Waals surface area (Å²) in [6.07, 6.45) is 0. The number of primary amides is 1.